The van der Waals surface area contributed by atoms with E-state index in [0.29, 0.717) is 10.7 Å². The van der Waals surface area contributed by atoms with E-state index < -0.39 is 0 Å². The standard InChI is InChI=1S/C14H9ClN2O/c15-14-7-13(18)6-4-11(14)3-1-10-2-5-12(8-16)17-9-10/h1-7,9,18H/b3-1+. The minimum atomic E-state index is 0.136. The summed E-state index contributed by atoms with van der Waals surface area (Å²) in [5.41, 5.74) is 2.06. The lowest BCUT2D eigenvalue weighted by molar-refractivity contribution is 0.475. The van der Waals surface area contributed by atoms with Crippen LogP contribution in [-0.4, -0.2) is 10.1 Å². The summed E-state index contributed by atoms with van der Waals surface area (Å²) in [6, 6.07) is 10.2. The van der Waals surface area contributed by atoms with Gasteiger partial charge in [0, 0.05) is 6.20 Å². The molecule has 0 saturated carbocycles. The highest BCUT2D eigenvalue weighted by molar-refractivity contribution is 6.32. The van der Waals surface area contributed by atoms with Gasteiger partial charge in [0.15, 0.2) is 0 Å². The largest absolute Gasteiger partial charge is 0.508 e. The van der Waals surface area contributed by atoms with Crippen molar-refractivity contribution in [1.29, 1.82) is 5.26 Å². The maximum atomic E-state index is 9.23. The van der Waals surface area contributed by atoms with E-state index in [4.69, 9.17) is 16.9 Å². The summed E-state index contributed by atoms with van der Waals surface area (Å²) in [7, 11) is 0. The number of halogens is 1. The summed E-state index contributed by atoms with van der Waals surface area (Å²) in [6.45, 7) is 0. The number of hydrogen-bond acceptors (Lipinski definition) is 3. The summed E-state index contributed by atoms with van der Waals surface area (Å²) < 4.78 is 0. The van der Waals surface area contributed by atoms with Crippen molar-refractivity contribution in [3.63, 3.8) is 0 Å². The molecule has 1 aromatic heterocycles. The Labute approximate surface area is 110 Å². The van der Waals surface area contributed by atoms with Gasteiger partial charge in [-0.25, -0.2) is 4.98 Å². The second-order valence-electron chi connectivity index (χ2n) is 3.63. The van der Waals surface area contributed by atoms with E-state index >= 15 is 0 Å². The van der Waals surface area contributed by atoms with Crippen LogP contribution in [0.4, 0.5) is 0 Å². The Bertz CT molecular complexity index is 627. The first-order valence-electron chi connectivity index (χ1n) is 5.22. The van der Waals surface area contributed by atoms with E-state index in [1.807, 2.05) is 18.2 Å². The molecule has 88 valence electrons. The number of nitriles is 1. The predicted molar refractivity (Wildman–Crippen MR) is 71.0 cm³/mol. The number of hydrogen-bond donors (Lipinski definition) is 1. The van der Waals surface area contributed by atoms with Crippen LogP contribution in [0.2, 0.25) is 5.02 Å². The Morgan fingerprint density at radius 1 is 1.22 bits per heavy atom. The fourth-order valence-electron chi connectivity index (χ4n) is 1.41. The van der Waals surface area contributed by atoms with Crippen LogP contribution in [-0.2, 0) is 0 Å². The van der Waals surface area contributed by atoms with Gasteiger partial charge in [0.2, 0.25) is 0 Å². The molecule has 0 bridgehead atoms. The fraction of sp³-hybridized carbons (Fsp3) is 0. The van der Waals surface area contributed by atoms with Gasteiger partial charge in [0.05, 0.1) is 5.02 Å². The van der Waals surface area contributed by atoms with Gasteiger partial charge < -0.3 is 5.11 Å². The van der Waals surface area contributed by atoms with E-state index in [2.05, 4.69) is 4.98 Å². The fourth-order valence-corrected chi connectivity index (χ4v) is 1.65. The van der Waals surface area contributed by atoms with Crippen molar-refractivity contribution >= 4 is 23.8 Å². The zero-order valence-electron chi connectivity index (χ0n) is 9.34. The van der Waals surface area contributed by atoms with Gasteiger partial charge in [0.1, 0.15) is 17.5 Å². The lowest BCUT2D eigenvalue weighted by Gasteiger charge is -1.99. The third-order valence-electron chi connectivity index (χ3n) is 2.34. The molecule has 1 N–H and O–H groups in total. The third-order valence-corrected chi connectivity index (χ3v) is 2.67. The molecule has 18 heavy (non-hydrogen) atoms. The van der Waals surface area contributed by atoms with E-state index in [1.54, 1.807) is 30.5 Å². The summed E-state index contributed by atoms with van der Waals surface area (Å²) in [5.74, 6) is 0.136. The van der Waals surface area contributed by atoms with Crippen LogP contribution in [0.25, 0.3) is 12.2 Å². The summed E-state index contributed by atoms with van der Waals surface area (Å²) >= 11 is 5.97. The van der Waals surface area contributed by atoms with Gasteiger partial charge in [-0.15, -0.1) is 0 Å². The quantitative estimate of drug-likeness (QED) is 0.895. The molecule has 0 fully saturated rings. The summed E-state index contributed by atoms with van der Waals surface area (Å²) in [4.78, 5) is 3.96. The van der Waals surface area contributed by atoms with E-state index in [0.717, 1.165) is 11.1 Å². The van der Waals surface area contributed by atoms with Gasteiger partial charge in [-0.1, -0.05) is 29.8 Å². The Morgan fingerprint density at radius 3 is 2.67 bits per heavy atom. The van der Waals surface area contributed by atoms with Crippen molar-refractivity contribution in [3.8, 4) is 11.8 Å². The Kier molecular flexibility index (Phi) is 3.61. The van der Waals surface area contributed by atoms with Crippen molar-refractivity contribution in [2.24, 2.45) is 0 Å². The molecule has 0 unspecified atom stereocenters. The molecule has 0 spiro atoms. The molecule has 1 aromatic carbocycles. The molecule has 4 heteroatoms. The number of nitrogens with zero attached hydrogens (tertiary/aromatic N) is 2. The predicted octanol–water partition coefficient (Wildman–Crippen LogP) is 3.48. The van der Waals surface area contributed by atoms with E-state index in [-0.39, 0.29) is 5.75 Å². The molecule has 0 aliphatic carbocycles. The number of benzene rings is 1. The van der Waals surface area contributed by atoms with Crippen molar-refractivity contribution in [3.05, 3.63) is 58.4 Å². The van der Waals surface area contributed by atoms with Gasteiger partial charge in [-0.05, 0) is 35.4 Å². The molecule has 0 saturated heterocycles. The Balaban J connectivity index is 2.22. The minimum Gasteiger partial charge on any atom is -0.508 e. The number of aromatic nitrogens is 1. The molecule has 2 rings (SSSR count). The molecule has 2 aromatic rings. The molecule has 0 aliphatic heterocycles. The van der Waals surface area contributed by atoms with Crippen LogP contribution in [0.15, 0.2) is 36.5 Å². The summed E-state index contributed by atoms with van der Waals surface area (Å²) in [5, 5.41) is 18.3. The monoisotopic (exact) mass is 256 g/mol. The molecule has 1 heterocycles. The van der Waals surface area contributed by atoms with Crippen LogP contribution in [0.1, 0.15) is 16.8 Å². The molecular weight excluding hydrogens is 248 g/mol. The topological polar surface area (TPSA) is 56.9 Å². The first kappa shape index (κ1) is 12.2. The molecule has 0 aliphatic rings. The van der Waals surface area contributed by atoms with Crippen LogP contribution in [0.3, 0.4) is 0 Å². The van der Waals surface area contributed by atoms with Crippen LogP contribution in [0, 0.1) is 11.3 Å². The second-order valence-corrected chi connectivity index (χ2v) is 4.03. The number of phenolic OH excluding ortho intramolecular Hbond substituents is 1. The molecule has 0 atom stereocenters. The van der Waals surface area contributed by atoms with E-state index in [1.165, 1.54) is 6.07 Å². The van der Waals surface area contributed by atoms with Crippen molar-refractivity contribution < 1.29 is 5.11 Å². The maximum Gasteiger partial charge on any atom is 0.140 e. The van der Waals surface area contributed by atoms with Crippen LogP contribution in [0.5, 0.6) is 5.75 Å². The average molecular weight is 257 g/mol. The van der Waals surface area contributed by atoms with Crippen molar-refractivity contribution in [2.75, 3.05) is 0 Å². The smallest absolute Gasteiger partial charge is 0.140 e. The first-order chi connectivity index (χ1) is 8.69. The number of rotatable bonds is 2. The second kappa shape index (κ2) is 5.35. The average Bonchev–Trinajstić information content (AvgIpc) is 2.38. The number of pyridine rings is 1. The molecular formula is C14H9ClN2O. The number of aromatic hydroxyl groups is 1. The van der Waals surface area contributed by atoms with Gasteiger partial charge in [-0.3, -0.25) is 0 Å². The lowest BCUT2D eigenvalue weighted by Crippen LogP contribution is -1.82. The highest BCUT2D eigenvalue weighted by Crippen LogP contribution is 2.23. The van der Waals surface area contributed by atoms with Gasteiger partial charge in [-0.2, -0.15) is 5.26 Å². The highest BCUT2D eigenvalue weighted by atomic mass is 35.5. The van der Waals surface area contributed by atoms with Crippen molar-refractivity contribution in [2.45, 2.75) is 0 Å². The molecule has 3 nitrogen and oxygen atoms in total. The zero-order chi connectivity index (χ0) is 13.0. The minimum absolute atomic E-state index is 0.136. The van der Waals surface area contributed by atoms with Crippen molar-refractivity contribution in [1.82, 2.24) is 4.98 Å². The van der Waals surface area contributed by atoms with E-state index in [9.17, 15) is 5.11 Å². The Hall–Kier alpha value is -2.31. The first-order valence-corrected chi connectivity index (χ1v) is 5.59. The van der Waals surface area contributed by atoms with Gasteiger partial charge >= 0.3 is 0 Å². The lowest BCUT2D eigenvalue weighted by atomic mass is 10.1. The zero-order valence-corrected chi connectivity index (χ0v) is 10.1. The maximum absolute atomic E-state index is 9.23. The normalized spacial score (nSPS) is 10.4. The van der Waals surface area contributed by atoms with Crippen LogP contribution >= 0.6 is 11.6 Å². The molecule has 0 radical (unpaired) electrons. The third kappa shape index (κ3) is 2.88. The SMILES string of the molecule is N#Cc1ccc(/C=C/c2ccc(O)cc2Cl)cn1. The van der Waals surface area contributed by atoms with Gasteiger partial charge in [0.25, 0.3) is 0 Å². The Morgan fingerprint density at radius 2 is 2.06 bits per heavy atom. The number of phenols is 1. The molecule has 0 amide bonds. The van der Waals surface area contributed by atoms with Crippen LogP contribution < -0.4 is 0 Å². The summed E-state index contributed by atoms with van der Waals surface area (Å²) in [6.07, 6.45) is 5.28. The highest BCUT2D eigenvalue weighted by Gasteiger charge is 1.98.